The Bertz CT molecular complexity index is 479. The molecule has 0 aromatic carbocycles. The second-order valence-electron chi connectivity index (χ2n) is 3.28. The van der Waals surface area contributed by atoms with Crippen molar-refractivity contribution in [2.75, 3.05) is 19.0 Å². The maximum absolute atomic E-state index is 11.2. The average Bonchev–Trinajstić information content (AvgIpc) is 2.99. The number of thiazole rings is 1. The Kier molecular flexibility index (Phi) is 4.11. The second kappa shape index (κ2) is 5.79. The Morgan fingerprint density at radius 2 is 2.47 bits per heavy atom. The normalized spacial score (nSPS) is 10.2. The number of esters is 1. The minimum absolute atomic E-state index is 0.339. The van der Waals surface area contributed by atoms with E-state index >= 15 is 0 Å². The van der Waals surface area contributed by atoms with Crippen LogP contribution < -0.4 is 5.32 Å². The van der Waals surface area contributed by atoms with Gasteiger partial charge < -0.3 is 10.1 Å². The molecule has 17 heavy (non-hydrogen) atoms. The van der Waals surface area contributed by atoms with Gasteiger partial charge in [-0.15, -0.1) is 11.3 Å². The van der Waals surface area contributed by atoms with Gasteiger partial charge in [-0.25, -0.2) is 9.78 Å². The van der Waals surface area contributed by atoms with Gasteiger partial charge in [-0.05, 0) is 17.9 Å². The van der Waals surface area contributed by atoms with Crippen LogP contribution in [-0.4, -0.2) is 24.6 Å². The van der Waals surface area contributed by atoms with E-state index in [4.69, 9.17) is 0 Å². The highest BCUT2D eigenvalue weighted by atomic mass is 32.1. The number of nitrogens with one attached hydrogen (secondary N) is 1. The van der Waals surface area contributed by atoms with Gasteiger partial charge in [-0.3, -0.25) is 0 Å². The summed E-state index contributed by atoms with van der Waals surface area (Å²) < 4.78 is 4.62. The quantitative estimate of drug-likeness (QED) is 0.847. The van der Waals surface area contributed by atoms with Crippen molar-refractivity contribution in [2.24, 2.45) is 0 Å². The second-order valence-corrected chi connectivity index (χ2v) is 5.34. The minimum atomic E-state index is -0.339. The Labute approximate surface area is 107 Å². The first-order valence-electron chi connectivity index (χ1n) is 5.10. The Balaban J connectivity index is 1.83. The van der Waals surface area contributed by atoms with E-state index in [9.17, 15) is 4.79 Å². The predicted molar refractivity (Wildman–Crippen MR) is 70.0 cm³/mol. The third kappa shape index (κ3) is 3.28. The molecule has 2 aromatic rings. The van der Waals surface area contributed by atoms with Crippen molar-refractivity contribution in [3.8, 4) is 0 Å². The highest BCUT2D eigenvalue weighted by Crippen LogP contribution is 2.19. The minimum Gasteiger partial charge on any atom is -0.465 e. The van der Waals surface area contributed by atoms with Crippen LogP contribution in [-0.2, 0) is 11.2 Å². The number of anilines is 1. The lowest BCUT2D eigenvalue weighted by Crippen LogP contribution is -2.03. The van der Waals surface area contributed by atoms with E-state index < -0.39 is 0 Å². The van der Waals surface area contributed by atoms with Gasteiger partial charge in [0.2, 0.25) is 0 Å². The van der Waals surface area contributed by atoms with E-state index in [1.807, 2.05) is 6.07 Å². The molecule has 0 radical (unpaired) electrons. The average molecular weight is 268 g/mol. The number of thiophene rings is 1. The maximum Gasteiger partial charge on any atom is 0.349 e. The van der Waals surface area contributed by atoms with Gasteiger partial charge in [0, 0.05) is 11.4 Å². The molecular formula is C11H12N2O2S2. The zero-order chi connectivity index (χ0) is 12.1. The molecule has 0 atom stereocenters. The van der Waals surface area contributed by atoms with Crippen LogP contribution in [0.15, 0.2) is 23.7 Å². The summed E-state index contributed by atoms with van der Waals surface area (Å²) in [5.41, 5.74) is 0. The van der Waals surface area contributed by atoms with E-state index in [0.717, 1.165) is 18.1 Å². The largest absolute Gasteiger partial charge is 0.465 e. The number of hydrogen-bond acceptors (Lipinski definition) is 6. The molecule has 2 heterocycles. The Hall–Kier alpha value is -1.40. The molecule has 2 rings (SSSR count). The van der Waals surface area contributed by atoms with E-state index in [1.165, 1.54) is 29.5 Å². The van der Waals surface area contributed by atoms with Crippen molar-refractivity contribution in [1.29, 1.82) is 0 Å². The van der Waals surface area contributed by atoms with Crippen LogP contribution in [0.5, 0.6) is 0 Å². The molecule has 0 unspecified atom stereocenters. The van der Waals surface area contributed by atoms with E-state index in [0.29, 0.717) is 4.88 Å². The van der Waals surface area contributed by atoms with Crippen LogP contribution >= 0.6 is 22.7 Å². The summed E-state index contributed by atoms with van der Waals surface area (Å²) in [6, 6.07) is 4.15. The lowest BCUT2D eigenvalue weighted by Gasteiger charge is -1.99. The molecule has 0 aliphatic rings. The molecule has 0 aliphatic carbocycles. The highest BCUT2D eigenvalue weighted by Gasteiger charge is 2.09. The first-order valence-corrected chi connectivity index (χ1v) is 6.79. The summed E-state index contributed by atoms with van der Waals surface area (Å²) in [7, 11) is 1.37. The SMILES string of the molecule is COC(=O)c1cnc(NCCc2cccs2)s1. The topological polar surface area (TPSA) is 51.2 Å². The van der Waals surface area contributed by atoms with Crippen LogP contribution in [0.1, 0.15) is 14.5 Å². The molecule has 6 heteroatoms. The predicted octanol–water partition coefficient (Wildman–Crippen LogP) is 2.65. The zero-order valence-electron chi connectivity index (χ0n) is 9.30. The molecule has 0 fully saturated rings. The van der Waals surface area contributed by atoms with Gasteiger partial charge in [0.25, 0.3) is 0 Å². The summed E-state index contributed by atoms with van der Waals surface area (Å²) >= 11 is 3.05. The van der Waals surface area contributed by atoms with Gasteiger partial charge >= 0.3 is 5.97 Å². The van der Waals surface area contributed by atoms with Gasteiger partial charge in [0.15, 0.2) is 5.13 Å². The molecule has 2 aromatic heterocycles. The zero-order valence-corrected chi connectivity index (χ0v) is 10.9. The number of aromatic nitrogens is 1. The molecule has 1 N–H and O–H groups in total. The molecule has 0 spiro atoms. The maximum atomic E-state index is 11.2. The van der Waals surface area contributed by atoms with Crippen LogP contribution in [0.3, 0.4) is 0 Å². The third-order valence-electron chi connectivity index (χ3n) is 2.12. The van der Waals surface area contributed by atoms with Gasteiger partial charge in [0.05, 0.1) is 13.3 Å². The van der Waals surface area contributed by atoms with Crippen molar-refractivity contribution in [3.63, 3.8) is 0 Å². The number of carbonyl (C=O) groups is 1. The van der Waals surface area contributed by atoms with Crippen molar-refractivity contribution in [2.45, 2.75) is 6.42 Å². The molecule has 90 valence electrons. The van der Waals surface area contributed by atoms with Crippen LogP contribution in [0.2, 0.25) is 0 Å². The summed E-state index contributed by atoms with van der Waals surface area (Å²) in [4.78, 5) is 17.2. The fraction of sp³-hybridized carbons (Fsp3) is 0.273. The summed E-state index contributed by atoms with van der Waals surface area (Å²) in [6.07, 6.45) is 2.49. The fourth-order valence-corrected chi connectivity index (χ4v) is 2.77. The standard InChI is InChI=1S/C11H12N2O2S2/c1-15-10(14)9-7-13-11(17-9)12-5-4-8-3-2-6-16-8/h2-3,6-7H,4-5H2,1H3,(H,12,13). The molecule has 0 amide bonds. The van der Waals surface area contributed by atoms with E-state index in [2.05, 4.69) is 26.5 Å². The number of rotatable bonds is 5. The number of hydrogen-bond donors (Lipinski definition) is 1. The molecule has 0 aliphatic heterocycles. The molecule has 0 saturated carbocycles. The Morgan fingerprint density at radius 1 is 1.59 bits per heavy atom. The van der Waals surface area contributed by atoms with Crippen molar-refractivity contribution in [1.82, 2.24) is 4.98 Å². The van der Waals surface area contributed by atoms with Gasteiger partial charge in [-0.2, -0.15) is 0 Å². The van der Waals surface area contributed by atoms with Crippen molar-refractivity contribution in [3.05, 3.63) is 33.5 Å². The smallest absolute Gasteiger partial charge is 0.349 e. The lowest BCUT2D eigenvalue weighted by molar-refractivity contribution is 0.0606. The van der Waals surface area contributed by atoms with E-state index in [1.54, 1.807) is 11.3 Å². The van der Waals surface area contributed by atoms with Crippen molar-refractivity contribution < 1.29 is 9.53 Å². The van der Waals surface area contributed by atoms with Crippen LogP contribution in [0.4, 0.5) is 5.13 Å². The Morgan fingerprint density at radius 3 is 3.18 bits per heavy atom. The monoisotopic (exact) mass is 268 g/mol. The first-order chi connectivity index (χ1) is 8.29. The number of nitrogens with zero attached hydrogens (tertiary/aromatic N) is 1. The summed E-state index contributed by atoms with van der Waals surface area (Å²) in [5, 5.41) is 6.00. The summed E-state index contributed by atoms with van der Waals surface area (Å²) in [5.74, 6) is -0.339. The van der Waals surface area contributed by atoms with Gasteiger partial charge in [0.1, 0.15) is 4.88 Å². The molecule has 4 nitrogen and oxygen atoms in total. The highest BCUT2D eigenvalue weighted by molar-refractivity contribution is 7.17. The van der Waals surface area contributed by atoms with Gasteiger partial charge in [-0.1, -0.05) is 17.4 Å². The van der Waals surface area contributed by atoms with Crippen LogP contribution in [0.25, 0.3) is 0 Å². The van der Waals surface area contributed by atoms with Crippen molar-refractivity contribution >= 4 is 33.8 Å². The van der Waals surface area contributed by atoms with Crippen LogP contribution in [0, 0.1) is 0 Å². The number of methoxy groups -OCH3 is 1. The first kappa shape index (κ1) is 12.1. The molecular weight excluding hydrogens is 256 g/mol. The lowest BCUT2D eigenvalue weighted by atomic mass is 10.3. The number of ether oxygens (including phenoxy) is 1. The third-order valence-corrected chi connectivity index (χ3v) is 3.99. The molecule has 0 bridgehead atoms. The number of carbonyl (C=O) groups excluding carboxylic acids is 1. The van der Waals surface area contributed by atoms with E-state index in [-0.39, 0.29) is 5.97 Å². The molecule has 0 saturated heterocycles. The fourth-order valence-electron chi connectivity index (χ4n) is 1.30. The summed E-state index contributed by atoms with van der Waals surface area (Å²) in [6.45, 7) is 0.814.